The molecule has 0 saturated carbocycles. The quantitative estimate of drug-likeness (QED) is 0.130. The molecule has 3 amide bonds. The Bertz CT molecular complexity index is 1730. The SMILES string of the molecule is CC(=O)OC1CC(=O)N1c1ccc(CN2C(=O)[C@]3(O[C@H](CC(=O)N(CCO)Cc4ccccc4)[C@@H]([Si](C)(C)F)[C@@H]3C)c3ccccc32)cc1. The van der Waals surface area contributed by atoms with Gasteiger partial charge in [0.25, 0.3) is 5.91 Å². The highest BCUT2D eigenvalue weighted by molar-refractivity contribution is 6.72. The number of ether oxygens (including phenoxy) is 2. The molecule has 0 radical (unpaired) electrons. The number of rotatable bonds is 11. The maximum Gasteiger partial charge on any atom is 0.304 e. The average molecular weight is 688 g/mol. The van der Waals surface area contributed by atoms with E-state index in [-0.39, 0.29) is 50.3 Å². The van der Waals surface area contributed by atoms with Crippen LogP contribution in [-0.4, -0.2) is 67.6 Å². The van der Waals surface area contributed by atoms with Gasteiger partial charge in [0, 0.05) is 42.7 Å². The summed E-state index contributed by atoms with van der Waals surface area (Å²) in [6.07, 6.45) is -1.49. The fraction of sp³-hybridized carbons (Fsp3) is 0.405. The summed E-state index contributed by atoms with van der Waals surface area (Å²) in [4.78, 5) is 56.8. The molecule has 3 aromatic rings. The van der Waals surface area contributed by atoms with E-state index < -0.39 is 43.8 Å². The zero-order chi connectivity index (χ0) is 35.1. The minimum atomic E-state index is -3.50. The molecule has 258 valence electrons. The van der Waals surface area contributed by atoms with E-state index in [4.69, 9.17) is 9.47 Å². The van der Waals surface area contributed by atoms with Crippen LogP contribution >= 0.6 is 0 Å². The van der Waals surface area contributed by atoms with E-state index in [2.05, 4.69) is 0 Å². The molecule has 0 aromatic heterocycles. The highest BCUT2D eigenvalue weighted by Gasteiger charge is 2.67. The lowest BCUT2D eigenvalue weighted by Crippen LogP contribution is -2.54. The minimum Gasteiger partial charge on any atom is -0.441 e. The third-order valence-corrected chi connectivity index (χ3v) is 12.4. The number of aliphatic hydroxyl groups is 1. The maximum atomic E-state index is 16.3. The first-order valence-electron chi connectivity index (χ1n) is 16.6. The lowest BCUT2D eigenvalue weighted by atomic mass is 9.82. The number of aliphatic hydroxyl groups excluding tert-OH is 1. The predicted octanol–water partition coefficient (Wildman–Crippen LogP) is 5.05. The van der Waals surface area contributed by atoms with Gasteiger partial charge < -0.3 is 28.5 Å². The van der Waals surface area contributed by atoms with Crippen molar-refractivity contribution in [2.75, 3.05) is 23.0 Å². The van der Waals surface area contributed by atoms with Crippen molar-refractivity contribution in [1.82, 2.24) is 4.90 Å². The molecule has 5 atom stereocenters. The van der Waals surface area contributed by atoms with E-state index in [0.29, 0.717) is 23.5 Å². The summed E-state index contributed by atoms with van der Waals surface area (Å²) >= 11 is 0. The standard InChI is InChI=1S/C37H42FN3O7Si/c1-24-35(49(3,4)38)31(20-32(44)39(18-19-42)22-26-10-6-5-7-11-26)48-37(24)29-12-8-9-13-30(29)40(36(37)46)23-27-14-16-28(17-15-27)41-33(45)21-34(41)47-25(2)43/h5-17,24,31,34-35,42H,18-23H2,1-4H3/t24-,31+,34?,35-,37+/m0/s1. The Morgan fingerprint density at radius 2 is 1.69 bits per heavy atom. The molecule has 3 aliphatic rings. The first-order chi connectivity index (χ1) is 23.3. The molecule has 12 heteroatoms. The summed E-state index contributed by atoms with van der Waals surface area (Å²) < 4.78 is 28.3. The topological polar surface area (TPSA) is 117 Å². The second-order valence-corrected chi connectivity index (χ2v) is 17.4. The largest absolute Gasteiger partial charge is 0.441 e. The molecule has 1 spiro atoms. The number of para-hydroxylation sites is 1. The Labute approximate surface area is 286 Å². The van der Waals surface area contributed by atoms with Crippen LogP contribution in [0.25, 0.3) is 0 Å². The number of halogens is 1. The normalized spacial score (nSPS) is 24.6. The van der Waals surface area contributed by atoms with Crippen LogP contribution in [0.15, 0.2) is 78.9 Å². The van der Waals surface area contributed by atoms with Crippen molar-refractivity contribution in [2.45, 2.75) is 76.3 Å². The van der Waals surface area contributed by atoms with E-state index in [1.165, 1.54) is 11.8 Å². The number of nitrogens with zero attached hydrogens (tertiary/aromatic N) is 3. The van der Waals surface area contributed by atoms with Gasteiger partial charge in [0.1, 0.15) is 0 Å². The van der Waals surface area contributed by atoms with Gasteiger partial charge in [-0.2, -0.15) is 0 Å². The third-order valence-electron chi connectivity index (χ3n) is 9.95. The van der Waals surface area contributed by atoms with Crippen molar-refractivity contribution in [3.8, 4) is 0 Å². The predicted molar refractivity (Wildman–Crippen MR) is 183 cm³/mol. The van der Waals surface area contributed by atoms with Gasteiger partial charge in [0.05, 0.1) is 37.8 Å². The molecular weight excluding hydrogens is 646 g/mol. The fourth-order valence-electron chi connectivity index (χ4n) is 7.80. The van der Waals surface area contributed by atoms with Crippen LogP contribution < -0.4 is 9.80 Å². The smallest absolute Gasteiger partial charge is 0.304 e. The summed E-state index contributed by atoms with van der Waals surface area (Å²) in [5, 5.41) is 9.76. The van der Waals surface area contributed by atoms with Crippen LogP contribution in [0, 0.1) is 5.92 Å². The molecule has 3 aromatic carbocycles. The number of carbonyl (C=O) groups excluding carboxylic acids is 4. The van der Waals surface area contributed by atoms with Crippen LogP contribution in [0.3, 0.4) is 0 Å². The average Bonchev–Trinajstić information content (AvgIpc) is 3.48. The van der Waals surface area contributed by atoms with Crippen LogP contribution in [0.1, 0.15) is 43.4 Å². The minimum absolute atomic E-state index is 0.118. The first-order valence-corrected chi connectivity index (χ1v) is 19.6. The number of carbonyl (C=O) groups is 4. The van der Waals surface area contributed by atoms with Crippen LogP contribution in [0.2, 0.25) is 18.6 Å². The molecule has 10 nitrogen and oxygen atoms in total. The number of hydrogen-bond donors (Lipinski definition) is 1. The Balaban J connectivity index is 1.26. The van der Waals surface area contributed by atoms with Crippen molar-refractivity contribution < 1.29 is 37.9 Å². The molecule has 49 heavy (non-hydrogen) atoms. The van der Waals surface area contributed by atoms with Crippen molar-refractivity contribution in [3.63, 3.8) is 0 Å². The van der Waals surface area contributed by atoms with Gasteiger partial charge in [-0.15, -0.1) is 0 Å². The summed E-state index contributed by atoms with van der Waals surface area (Å²) in [5.41, 5.74) is 1.44. The van der Waals surface area contributed by atoms with Crippen LogP contribution in [0.4, 0.5) is 15.5 Å². The van der Waals surface area contributed by atoms with Crippen molar-refractivity contribution in [3.05, 3.63) is 95.6 Å². The maximum absolute atomic E-state index is 16.3. The van der Waals surface area contributed by atoms with Crippen molar-refractivity contribution in [2.24, 2.45) is 5.92 Å². The highest BCUT2D eigenvalue weighted by atomic mass is 28.4. The van der Waals surface area contributed by atoms with Gasteiger partial charge in [0.15, 0.2) is 11.8 Å². The van der Waals surface area contributed by atoms with Crippen molar-refractivity contribution in [1.29, 1.82) is 0 Å². The van der Waals surface area contributed by atoms with Gasteiger partial charge in [-0.25, -0.2) is 0 Å². The Morgan fingerprint density at radius 3 is 2.33 bits per heavy atom. The number of β-lactam (4-membered cyclic amide) rings is 1. The number of hydrogen-bond acceptors (Lipinski definition) is 7. The van der Waals surface area contributed by atoms with Crippen molar-refractivity contribution >= 4 is 43.5 Å². The molecule has 2 fully saturated rings. The number of benzene rings is 3. The van der Waals surface area contributed by atoms with Gasteiger partial charge in [0.2, 0.25) is 20.2 Å². The third kappa shape index (κ3) is 6.40. The second-order valence-electron chi connectivity index (χ2n) is 13.6. The van der Waals surface area contributed by atoms with Crippen LogP contribution in [-0.2, 0) is 47.3 Å². The molecule has 0 aliphatic carbocycles. The zero-order valence-electron chi connectivity index (χ0n) is 28.2. The van der Waals surface area contributed by atoms with E-state index >= 15 is 4.11 Å². The van der Waals surface area contributed by atoms with E-state index in [1.54, 1.807) is 35.0 Å². The fourth-order valence-corrected chi connectivity index (χ4v) is 10.3. The number of fused-ring (bicyclic) bond motifs is 2. The summed E-state index contributed by atoms with van der Waals surface area (Å²) in [6.45, 7) is 6.74. The highest BCUT2D eigenvalue weighted by Crippen LogP contribution is 2.60. The first kappa shape index (κ1) is 34.5. The van der Waals surface area contributed by atoms with E-state index in [0.717, 1.165) is 11.1 Å². The second kappa shape index (κ2) is 13.5. The monoisotopic (exact) mass is 687 g/mol. The summed E-state index contributed by atoms with van der Waals surface area (Å²) in [5.74, 6) is -1.77. The lowest BCUT2D eigenvalue weighted by molar-refractivity contribution is -0.154. The van der Waals surface area contributed by atoms with Gasteiger partial charge in [-0.05, 0) is 42.4 Å². The van der Waals surface area contributed by atoms with E-state index in [9.17, 15) is 24.3 Å². The number of esters is 1. The summed E-state index contributed by atoms with van der Waals surface area (Å²) in [6, 6.07) is 24.0. The van der Waals surface area contributed by atoms with Crippen LogP contribution in [0.5, 0.6) is 0 Å². The van der Waals surface area contributed by atoms with E-state index in [1.807, 2.05) is 73.7 Å². The molecule has 3 aliphatic heterocycles. The Morgan fingerprint density at radius 1 is 1.02 bits per heavy atom. The molecular formula is C37H42FN3O7Si. The van der Waals surface area contributed by atoms with Gasteiger partial charge in [-0.3, -0.25) is 24.1 Å². The molecule has 1 N–H and O–H groups in total. The lowest BCUT2D eigenvalue weighted by Gasteiger charge is -2.39. The zero-order valence-corrected chi connectivity index (χ0v) is 29.2. The molecule has 0 bridgehead atoms. The molecule has 1 unspecified atom stereocenters. The van der Waals surface area contributed by atoms with Gasteiger partial charge in [-0.1, -0.05) is 67.6 Å². The summed E-state index contributed by atoms with van der Waals surface area (Å²) in [7, 11) is -3.50. The Hall–Kier alpha value is -4.39. The number of amides is 3. The van der Waals surface area contributed by atoms with Gasteiger partial charge >= 0.3 is 5.97 Å². The molecule has 6 rings (SSSR count). The molecule has 3 heterocycles. The number of anilines is 2. The Kier molecular flexibility index (Phi) is 9.49. The molecule has 2 saturated heterocycles.